The van der Waals surface area contributed by atoms with Crippen molar-refractivity contribution in [2.75, 3.05) is 13.1 Å². The van der Waals surface area contributed by atoms with E-state index < -0.39 is 0 Å². The Hall–Kier alpha value is -2.56. The van der Waals surface area contributed by atoms with E-state index in [1.54, 1.807) is 11.1 Å². The number of aromatic nitrogens is 1. The molecule has 1 saturated heterocycles. The van der Waals surface area contributed by atoms with Crippen molar-refractivity contribution in [3.05, 3.63) is 65.2 Å². The fraction of sp³-hybridized carbons (Fsp3) is 0.350. The number of hydrogen-bond acceptors (Lipinski definition) is 3. The van der Waals surface area contributed by atoms with Crippen molar-refractivity contribution in [3.8, 4) is 0 Å². The van der Waals surface area contributed by atoms with Crippen LogP contribution in [0, 0.1) is 18.7 Å². The number of halogens is 1. The van der Waals surface area contributed by atoms with Gasteiger partial charge in [-0.3, -0.25) is 14.6 Å². The fourth-order valence-corrected chi connectivity index (χ4v) is 3.16. The van der Waals surface area contributed by atoms with Gasteiger partial charge in [-0.2, -0.15) is 0 Å². The van der Waals surface area contributed by atoms with Gasteiger partial charge < -0.3 is 4.90 Å². The third-order valence-corrected chi connectivity index (χ3v) is 4.60. The molecule has 0 spiro atoms. The van der Waals surface area contributed by atoms with Gasteiger partial charge in [0.25, 0.3) is 0 Å². The average molecular weight is 340 g/mol. The number of rotatable bonds is 4. The van der Waals surface area contributed by atoms with Crippen LogP contribution < -0.4 is 0 Å². The van der Waals surface area contributed by atoms with Gasteiger partial charge in [0.2, 0.25) is 5.91 Å². The highest BCUT2D eigenvalue weighted by Gasteiger charge is 2.29. The molecule has 0 N–H and O–H groups in total. The van der Waals surface area contributed by atoms with Gasteiger partial charge >= 0.3 is 0 Å². The van der Waals surface area contributed by atoms with Crippen molar-refractivity contribution in [3.63, 3.8) is 0 Å². The van der Waals surface area contributed by atoms with Gasteiger partial charge in [-0.1, -0.05) is 6.07 Å². The number of ketones is 1. The fourth-order valence-electron chi connectivity index (χ4n) is 3.16. The second kappa shape index (κ2) is 7.55. The van der Waals surface area contributed by atoms with Gasteiger partial charge in [-0.05, 0) is 55.7 Å². The zero-order valence-electron chi connectivity index (χ0n) is 14.2. The van der Waals surface area contributed by atoms with E-state index in [-0.39, 0.29) is 23.4 Å². The molecular formula is C20H21FN2O2. The van der Waals surface area contributed by atoms with Crippen LogP contribution in [0.15, 0.2) is 42.6 Å². The maximum atomic E-state index is 13.0. The Labute approximate surface area is 146 Å². The second-order valence-corrected chi connectivity index (χ2v) is 6.53. The number of amides is 1. The summed E-state index contributed by atoms with van der Waals surface area (Å²) < 4.78 is 13.0. The third kappa shape index (κ3) is 4.29. The van der Waals surface area contributed by atoms with Crippen molar-refractivity contribution in [2.45, 2.75) is 26.2 Å². The molecule has 0 saturated carbocycles. The average Bonchev–Trinajstić information content (AvgIpc) is 2.64. The number of pyridine rings is 1. The lowest BCUT2D eigenvalue weighted by atomic mass is 9.89. The summed E-state index contributed by atoms with van der Waals surface area (Å²) in [7, 11) is 0. The Morgan fingerprint density at radius 1 is 1.20 bits per heavy atom. The van der Waals surface area contributed by atoms with E-state index in [1.807, 2.05) is 19.1 Å². The molecule has 1 amide bonds. The topological polar surface area (TPSA) is 50.3 Å². The van der Waals surface area contributed by atoms with Crippen molar-refractivity contribution >= 4 is 11.7 Å². The summed E-state index contributed by atoms with van der Waals surface area (Å²) in [6.07, 6.45) is 3.57. The Morgan fingerprint density at radius 3 is 2.64 bits per heavy atom. The smallest absolute Gasteiger partial charge is 0.227 e. The zero-order chi connectivity index (χ0) is 17.8. The summed E-state index contributed by atoms with van der Waals surface area (Å²) in [4.78, 5) is 31.1. The first-order chi connectivity index (χ1) is 12.0. The number of hydrogen-bond donors (Lipinski definition) is 0. The summed E-state index contributed by atoms with van der Waals surface area (Å²) in [6, 6.07) is 9.41. The number of benzene rings is 1. The molecule has 5 heteroatoms. The number of carbonyl (C=O) groups excluding carboxylic acids is 2. The lowest BCUT2D eigenvalue weighted by molar-refractivity contribution is -0.131. The van der Waals surface area contributed by atoms with E-state index in [0.717, 1.165) is 24.1 Å². The molecule has 1 atom stereocenters. The first-order valence-corrected chi connectivity index (χ1v) is 8.52. The molecule has 2 aromatic rings. The van der Waals surface area contributed by atoms with Crippen LogP contribution in [0.4, 0.5) is 4.39 Å². The normalized spacial score (nSPS) is 17.4. The molecule has 0 unspecified atom stereocenters. The maximum Gasteiger partial charge on any atom is 0.227 e. The minimum atomic E-state index is -0.358. The Morgan fingerprint density at radius 2 is 1.96 bits per heavy atom. The molecule has 1 aromatic heterocycles. The van der Waals surface area contributed by atoms with Gasteiger partial charge in [0, 0.05) is 36.5 Å². The molecule has 25 heavy (non-hydrogen) atoms. The molecule has 0 bridgehead atoms. The van der Waals surface area contributed by atoms with E-state index in [1.165, 1.54) is 24.3 Å². The SMILES string of the molecule is Cc1ccc(CC(=O)N2CCC[C@H](C(=O)c3ccc(F)cc3)C2)cn1. The lowest BCUT2D eigenvalue weighted by Crippen LogP contribution is -2.43. The Balaban J connectivity index is 1.63. The molecule has 3 rings (SSSR count). The summed E-state index contributed by atoms with van der Waals surface area (Å²) in [6.45, 7) is 3.00. The highest BCUT2D eigenvalue weighted by atomic mass is 19.1. The molecule has 130 valence electrons. The molecule has 1 fully saturated rings. The van der Waals surface area contributed by atoms with Crippen LogP contribution in [0.5, 0.6) is 0 Å². The van der Waals surface area contributed by atoms with Crippen LogP contribution in [-0.4, -0.2) is 34.7 Å². The van der Waals surface area contributed by atoms with E-state index in [0.29, 0.717) is 25.1 Å². The predicted molar refractivity (Wildman–Crippen MR) is 92.7 cm³/mol. The molecular weight excluding hydrogens is 319 g/mol. The number of piperidine rings is 1. The van der Waals surface area contributed by atoms with Gasteiger partial charge in [0.15, 0.2) is 5.78 Å². The van der Waals surface area contributed by atoms with Gasteiger partial charge in [-0.25, -0.2) is 4.39 Å². The highest BCUT2D eigenvalue weighted by molar-refractivity contribution is 5.98. The van der Waals surface area contributed by atoms with Crippen molar-refractivity contribution < 1.29 is 14.0 Å². The van der Waals surface area contributed by atoms with E-state index in [9.17, 15) is 14.0 Å². The molecule has 2 heterocycles. The Bertz CT molecular complexity index is 756. The number of likely N-dealkylation sites (tertiary alicyclic amines) is 1. The summed E-state index contributed by atoms with van der Waals surface area (Å²) >= 11 is 0. The van der Waals surface area contributed by atoms with Crippen LogP contribution in [0.3, 0.4) is 0 Å². The predicted octanol–water partition coefficient (Wildman–Crippen LogP) is 3.19. The number of aryl methyl sites for hydroxylation is 1. The van der Waals surface area contributed by atoms with E-state index >= 15 is 0 Å². The van der Waals surface area contributed by atoms with Crippen LogP contribution in [-0.2, 0) is 11.2 Å². The summed E-state index contributed by atoms with van der Waals surface area (Å²) in [5.74, 6) is -0.584. The minimum absolute atomic E-state index is 0.0160. The van der Waals surface area contributed by atoms with Gasteiger partial charge in [0.05, 0.1) is 6.42 Å². The highest BCUT2D eigenvalue weighted by Crippen LogP contribution is 2.22. The van der Waals surface area contributed by atoms with Crippen LogP contribution in [0.25, 0.3) is 0 Å². The molecule has 1 aliphatic heterocycles. The van der Waals surface area contributed by atoms with Crippen molar-refractivity contribution in [1.82, 2.24) is 9.88 Å². The van der Waals surface area contributed by atoms with E-state index in [4.69, 9.17) is 0 Å². The number of Topliss-reactive ketones (excluding diaryl/α,β-unsaturated/α-hetero) is 1. The quantitative estimate of drug-likeness (QED) is 0.803. The molecule has 0 radical (unpaired) electrons. The monoisotopic (exact) mass is 340 g/mol. The second-order valence-electron chi connectivity index (χ2n) is 6.53. The van der Waals surface area contributed by atoms with Crippen LogP contribution in [0.1, 0.15) is 34.5 Å². The van der Waals surface area contributed by atoms with Crippen molar-refractivity contribution in [2.24, 2.45) is 5.92 Å². The summed E-state index contributed by atoms with van der Waals surface area (Å²) in [5, 5.41) is 0. The largest absolute Gasteiger partial charge is 0.342 e. The summed E-state index contributed by atoms with van der Waals surface area (Å²) in [5.41, 5.74) is 2.30. The van der Waals surface area contributed by atoms with E-state index in [2.05, 4.69) is 4.98 Å². The minimum Gasteiger partial charge on any atom is -0.342 e. The van der Waals surface area contributed by atoms with Crippen molar-refractivity contribution in [1.29, 1.82) is 0 Å². The third-order valence-electron chi connectivity index (χ3n) is 4.60. The van der Waals surface area contributed by atoms with Crippen LogP contribution >= 0.6 is 0 Å². The number of nitrogens with zero attached hydrogens (tertiary/aromatic N) is 2. The maximum absolute atomic E-state index is 13.0. The number of carbonyl (C=O) groups is 2. The lowest BCUT2D eigenvalue weighted by Gasteiger charge is -2.32. The molecule has 4 nitrogen and oxygen atoms in total. The molecule has 1 aliphatic rings. The zero-order valence-corrected chi connectivity index (χ0v) is 14.2. The van der Waals surface area contributed by atoms with Gasteiger partial charge in [-0.15, -0.1) is 0 Å². The first-order valence-electron chi connectivity index (χ1n) is 8.52. The van der Waals surface area contributed by atoms with Crippen LogP contribution in [0.2, 0.25) is 0 Å². The van der Waals surface area contributed by atoms with Gasteiger partial charge in [0.1, 0.15) is 5.82 Å². The Kier molecular flexibility index (Phi) is 5.22. The standard InChI is InChI=1S/C20H21FN2O2/c1-14-4-5-15(12-22-14)11-19(24)23-10-2-3-17(13-23)20(25)16-6-8-18(21)9-7-16/h4-9,12,17H,2-3,10-11,13H2,1H3/t17-/m0/s1. The molecule has 1 aromatic carbocycles. The first kappa shape index (κ1) is 17.3. The molecule has 0 aliphatic carbocycles.